The molecule has 3 heterocycles. The molecule has 1 aliphatic carbocycles. The van der Waals surface area contributed by atoms with Crippen molar-refractivity contribution in [2.24, 2.45) is 14.1 Å². The van der Waals surface area contributed by atoms with Crippen LogP contribution in [0.25, 0.3) is 0 Å². The average molecular weight is 576 g/mol. The van der Waals surface area contributed by atoms with Crippen LogP contribution >= 0.6 is 24.0 Å². The van der Waals surface area contributed by atoms with Crippen molar-refractivity contribution >= 4 is 29.9 Å². The summed E-state index contributed by atoms with van der Waals surface area (Å²) in [5.74, 6) is 0.372. The first kappa shape index (κ1) is 29.6. The number of carbonyl (C=O) groups excluding carboxylic acids is 1. The van der Waals surface area contributed by atoms with Crippen LogP contribution in [0.1, 0.15) is 64.7 Å². The molecule has 1 N–H and O–H groups in total. The Hall–Kier alpha value is -2.39. The van der Waals surface area contributed by atoms with Crippen LogP contribution in [0, 0.1) is 13.8 Å². The molecular weight excluding hydrogens is 535 g/mol. The maximum absolute atomic E-state index is 12.7. The van der Waals surface area contributed by atoms with Gasteiger partial charge in [-0.05, 0) is 75.8 Å². The molecule has 8 nitrogen and oxygen atoms in total. The third kappa shape index (κ3) is 7.04. The Balaban J connectivity index is 0.00000353. The number of rotatable bonds is 7. The zero-order valence-electron chi connectivity index (χ0n) is 23.3. The number of hydrogen-bond donors (Lipinski definition) is 1. The van der Waals surface area contributed by atoms with Crippen molar-refractivity contribution in [2.45, 2.75) is 70.1 Å². The Morgan fingerprint density at radius 2 is 1.69 bits per heavy atom. The fourth-order valence-corrected chi connectivity index (χ4v) is 6.01. The van der Waals surface area contributed by atoms with Crippen molar-refractivity contribution in [1.82, 2.24) is 29.8 Å². The Kier molecular flexibility index (Phi) is 9.75. The van der Waals surface area contributed by atoms with E-state index in [1.807, 2.05) is 43.9 Å². The molecule has 5 rings (SSSR count). The fraction of sp³-hybridized carbons (Fsp3) is 0.552. The van der Waals surface area contributed by atoms with Crippen LogP contribution < -0.4 is 5.32 Å². The molecule has 1 aromatic carbocycles. The predicted octanol–water partition coefficient (Wildman–Crippen LogP) is 4.61. The van der Waals surface area contributed by atoms with Gasteiger partial charge in [-0.15, -0.1) is 12.4 Å². The first-order valence-corrected chi connectivity index (χ1v) is 14.1. The van der Waals surface area contributed by atoms with Crippen LogP contribution in [0.5, 0.6) is 0 Å². The highest BCUT2D eigenvalue weighted by Crippen LogP contribution is 2.36. The van der Waals surface area contributed by atoms with E-state index in [0.717, 1.165) is 49.4 Å². The van der Waals surface area contributed by atoms with Crippen molar-refractivity contribution in [2.75, 3.05) is 19.7 Å². The number of nitrogens with zero attached hydrogens (tertiary/aromatic N) is 5. The molecule has 2 fully saturated rings. The van der Waals surface area contributed by atoms with E-state index in [0.29, 0.717) is 36.8 Å². The van der Waals surface area contributed by atoms with E-state index in [9.17, 15) is 4.79 Å². The van der Waals surface area contributed by atoms with E-state index in [2.05, 4.69) is 40.4 Å². The molecule has 2 atom stereocenters. The summed E-state index contributed by atoms with van der Waals surface area (Å²) in [5.41, 5.74) is 5.11. The molecule has 1 saturated carbocycles. The minimum atomic E-state index is -0.154. The SMILES string of the molecule is Cc1cc(C(=O)NC[C@H]2CN(C3CCC(c4cc(C)n(C)n4)CC3)[C@@H](Cc3ccc(Cl)cc3)CO2)nn1C.Cl. The van der Waals surface area contributed by atoms with E-state index < -0.39 is 0 Å². The number of aromatic nitrogens is 4. The van der Waals surface area contributed by atoms with Crippen LogP contribution in [-0.4, -0.2) is 68.3 Å². The van der Waals surface area contributed by atoms with Gasteiger partial charge in [-0.2, -0.15) is 10.2 Å². The second-order valence-electron chi connectivity index (χ2n) is 11.0. The van der Waals surface area contributed by atoms with Crippen LogP contribution in [-0.2, 0) is 25.3 Å². The third-order valence-corrected chi connectivity index (χ3v) is 8.60. The summed E-state index contributed by atoms with van der Waals surface area (Å²) >= 11 is 6.13. The number of aryl methyl sites for hydroxylation is 4. The summed E-state index contributed by atoms with van der Waals surface area (Å²) in [6.07, 6.45) is 5.44. The maximum atomic E-state index is 12.7. The minimum Gasteiger partial charge on any atom is -0.373 e. The van der Waals surface area contributed by atoms with E-state index in [1.54, 1.807) is 4.68 Å². The van der Waals surface area contributed by atoms with Crippen LogP contribution in [0.2, 0.25) is 5.02 Å². The van der Waals surface area contributed by atoms with Gasteiger partial charge in [-0.25, -0.2) is 0 Å². The van der Waals surface area contributed by atoms with Crippen LogP contribution in [0.4, 0.5) is 0 Å². The van der Waals surface area contributed by atoms with Gasteiger partial charge in [-0.1, -0.05) is 23.7 Å². The Morgan fingerprint density at radius 3 is 2.31 bits per heavy atom. The molecule has 0 radical (unpaired) electrons. The summed E-state index contributed by atoms with van der Waals surface area (Å²) in [7, 11) is 3.87. The van der Waals surface area contributed by atoms with Gasteiger partial charge in [0.05, 0.1) is 18.4 Å². The number of carbonyl (C=O) groups is 1. The summed E-state index contributed by atoms with van der Waals surface area (Å²) < 4.78 is 10.0. The molecular formula is C29H40Cl2N6O2. The highest BCUT2D eigenvalue weighted by atomic mass is 35.5. The summed E-state index contributed by atoms with van der Waals surface area (Å²) in [4.78, 5) is 15.3. The lowest BCUT2D eigenvalue weighted by Crippen LogP contribution is -2.57. The summed E-state index contributed by atoms with van der Waals surface area (Å²) in [6.45, 7) is 5.98. The number of amides is 1. The van der Waals surface area contributed by atoms with Gasteiger partial charge in [0.15, 0.2) is 0 Å². The average Bonchev–Trinajstić information content (AvgIpc) is 3.44. The Bertz CT molecular complexity index is 1210. The molecule has 0 bridgehead atoms. The van der Waals surface area contributed by atoms with Gasteiger partial charge in [0.1, 0.15) is 5.69 Å². The molecule has 2 aliphatic rings. The second kappa shape index (κ2) is 12.9. The van der Waals surface area contributed by atoms with Crippen molar-refractivity contribution in [3.63, 3.8) is 0 Å². The third-order valence-electron chi connectivity index (χ3n) is 8.35. The first-order valence-electron chi connectivity index (χ1n) is 13.7. The molecule has 0 spiro atoms. The molecule has 3 aromatic rings. The number of nitrogens with one attached hydrogen (secondary N) is 1. The maximum Gasteiger partial charge on any atom is 0.271 e. The monoisotopic (exact) mass is 574 g/mol. The molecule has 0 unspecified atom stereocenters. The zero-order chi connectivity index (χ0) is 26.8. The van der Waals surface area contributed by atoms with E-state index in [1.165, 1.54) is 17.0 Å². The van der Waals surface area contributed by atoms with Crippen molar-refractivity contribution in [3.05, 3.63) is 69.8 Å². The normalized spacial score (nSPS) is 23.8. The van der Waals surface area contributed by atoms with Gasteiger partial charge >= 0.3 is 0 Å². The van der Waals surface area contributed by atoms with Gasteiger partial charge in [0.25, 0.3) is 5.91 Å². The van der Waals surface area contributed by atoms with E-state index >= 15 is 0 Å². The lowest BCUT2D eigenvalue weighted by atomic mass is 9.82. The van der Waals surface area contributed by atoms with Crippen molar-refractivity contribution in [3.8, 4) is 0 Å². The van der Waals surface area contributed by atoms with Crippen LogP contribution in [0.15, 0.2) is 36.4 Å². The molecule has 1 aliphatic heterocycles. The van der Waals surface area contributed by atoms with Gasteiger partial charge < -0.3 is 10.1 Å². The van der Waals surface area contributed by atoms with Gasteiger partial charge in [0, 0.05) is 61.6 Å². The lowest BCUT2D eigenvalue weighted by molar-refractivity contribution is -0.0822. The highest BCUT2D eigenvalue weighted by molar-refractivity contribution is 6.30. The quantitative estimate of drug-likeness (QED) is 0.445. The summed E-state index contributed by atoms with van der Waals surface area (Å²) in [6, 6.07) is 13.0. The van der Waals surface area contributed by atoms with Gasteiger partial charge in [-0.3, -0.25) is 19.1 Å². The minimum absolute atomic E-state index is 0. The number of hydrogen-bond acceptors (Lipinski definition) is 5. The Morgan fingerprint density at radius 1 is 1.03 bits per heavy atom. The van der Waals surface area contributed by atoms with Crippen molar-refractivity contribution in [1.29, 1.82) is 0 Å². The number of morpholine rings is 1. The highest BCUT2D eigenvalue weighted by Gasteiger charge is 2.36. The standard InChI is InChI=1S/C29H39ClN6O2.ClH/c1-19-13-27(32-34(19)3)22-7-11-24(12-8-22)36-17-26(16-31-29(37)28-14-20(2)35(4)33-28)38-18-25(36)15-21-5-9-23(30)10-6-21;/h5-6,9-10,13-14,22,24-26H,7-8,11-12,15-18H2,1-4H3,(H,31,37);1H/t22?,24?,25-,26-;/m0./s1. The first-order chi connectivity index (χ1) is 18.3. The number of halogens is 2. The van der Waals surface area contributed by atoms with E-state index in [-0.39, 0.29) is 24.4 Å². The molecule has 1 saturated heterocycles. The van der Waals surface area contributed by atoms with Gasteiger partial charge in [0.2, 0.25) is 0 Å². The number of benzene rings is 1. The molecule has 212 valence electrons. The molecule has 10 heteroatoms. The van der Waals surface area contributed by atoms with Crippen LogP contribution in [0.3, 0.4) is 0 Å². The summed E-state index contributed by atoms with van der Waals surface area (Å²) in [5, 5.41) is 12.9. The largest absolute Gasteiger partial charge is 0.373 e. The zero-order valence-corrected chi connectivity index (χ0v) is 24.8. The second-order valence-corrected chi connectivity index (χ2v) is 11.4. The van der Waals surface area contributed by atoms with E-state index in [4.69, 9.17) is 21.4 Å². The number of ether oxygens (including phenoxy) is 1. The smallest absolute Gasteiger partial charge is 0.271 e. The topological polar surface area (TPSA) is 77.2 Å². The molecule has 2 aromatic heterocycles. The Labute approximate surface area is 242 Å². The van der Waals surface area contributed by atoms with Crippen molar-refractivity contribution < 1.29 is 9.53 Å². The molecule has 39 heavy (non-hydrogen) atoms. The fourth-order valence-electron chi connectivity index (χ4n) is 5.88. The lowest BCUT2D eigenvalue weighted by Gasteiger charge is -2.46. The predicted molar refractivity (Wildman–Crippen MR) is 156 cm³/mol. The molecule has 1 amide bonds.